The molecular weight excluding hydrogens is 212 g/mol. The summed E-state index contributed by atoms with van der Waals surface area (Å²) in [6, 6.07) is 0. The third kappa shape index (κ3) is 4.48. The Balaban J connectivity index is 2.23. The van der Waals surface area contributed by atoms with Gasteiger partial charge in [-0.05, 0) is 13.3 Å². The van der Waals surface area contributed by atoms with Gasteiger partial charge in [-0.25, -0.2) is 0 Å². The topological polar surface area (TPSA) is 50.7 Å². The van der Waals surface area contributed by atoms with Gasteiger partial charge in [0.2, 0.25) is 0 Å². The van der Waals surface area contributed by atoms with Crippen LogP contribution in [0.1, 0.15) is 13.3 Å². The van der Waals surface area contributed by atoms with Crippen LogP contribution in [0.4, 0.5) is 0 Å². The summed E-state index contributed by atoms with van der Waals surface area (Å²) in [5, 5.41) is 3.44. The van der Waals surface area contributed by atoms with Crippen LogP contribution in [0.5, 0.6) is 0 Å². The second-order valence-corrected chi connectivity index (χ2v) is 4.20. The summed E-state index contributed by atoms with van der Waals surface area (Å²) < 4.78 is 5.31. The van der Waals surface area contributed by atoms with E-state index in [9.17, 15) is 4.79 Å². The first-order valence-electron chi connectivity index (χ1n) is 4.94. The molecule has 0 radical (unpaired) electrons. The first-order chi connectivity index (χ1) is 7.24. The van der Waals surface area contributed by atoms with Crippen LogP contribution in [0.25, 0.3) is 0 Å². The van der Waals surface area contributed by atoms with Gasteiger partial charge in [0, 0.05) is 5.75 Å². The van der Waals surface area contributed by atoms with E-state index in [-0.39, 0.29) is 5.91 Å². The number of amides is 1. The quantitative estimate of drug-likeness (QED) is 0.568. The molecule has 1 rings (SSSR count). The minimum Gasteiger partial charge on any atom is -0.368 e. The number of nitrogens with one attached hydrogen (secondary N) is 1. The molecule has 0 saturated heterocycles. The van der Waals surface area contributed by atoms with Crippen molar-refractivity contribution in [3.63, 3.8) is 0 Å². The third-order valence-corrected chi connectivity index (χ3v) is 2.77. The minimum atomic E-state index is -0.436. The molecule has 4 nitrogen and oxygen atoms in total. The fraction of sp³-hybridized carbons (Fsp3) is 0.600. The largest absolute Gasteiger partial charge is 0.368 e. The lowest BCUT2D eigenvalue weighted by molar-refractivity contribution is -0.130. The van der Waals surface area contributed by atoms with Gasteiger partial charge in [-0.1, -0.05) is 17.8 Å². The van der Waals surface area contributed by atoms with Gasteiger partial charge >= 0.3 is 0 Å². The number of hydrogen-bond acceptors (Lipinski definition) is 4. The van der Waals surface area contributed by atoms with Crippen molar-refractivity contribution in [3.8, 4) is 0 Å². The number of hydrogen-bond donors (Lipinski definition) is 1. The number of amidine groups is 1. The van der Waals surface area contributed by atoms with Crippen LogP contribution >= 0.6 is 11.8 Å². The van der Waals surface area contributed by atoms with E-state index in [0.29, 0.717) is 11.8 Å². The summed E-state index contributed by atoms with van der Waals surface area (Å²) >= 11 is 1.56. The van der Waals surface area contributed by atoms with Gasteiger partial charge in [0.25, 0.3) is 5.91 Å². The van der Waals surface area contributed by atoms with Crippen LogP contribution in [0, 0.1) is 0 Å². The summed E-state index contributed by atoms with van der Waals surface area (Å²) in [5.41, 5.74) is 0. The highest BCUT2D eigenvalue weighted by molar-refractivity contribution is 8.14. The van der Waals surface area contributed by atoms with Crippen molar-refractivity contribution in [1.29, 1.82) is 0 Å². The van der Waals surface area contributed by atoms with Crippen LogP contribution in [-0.4, -0.2) is 36.1 Å². The first kappa shape index (κ1) is 12.3. The molecule has 1 heterocycles. The summed E-state index contributed by atoms with van der Waals surface area (Å²) in [6.45, 7) is 6.63. The van der Waals surface area contributed by atoms with E-state index in [4.69, 9.17) is 4.74 Å². The standard InChI is InChI=1S/C10H16N2O2S/c1-3-4-6-14-8(2)9(13)12-10-11-5-7-15-10/h3,8H,1,4-7H2,2H3,(H,11,12,13). The molecule has 0 fully saturated rings. The number of aliphatic imine (C=N–C) groups is 1. The number of rotatable bonds is 5. The van der Waals surface area contributed by atoms with Gasteiger partial charge in [-0.2, -0.15) is 0 Å². The zero-order valence-electron chi connectivity index (χ0n) is 8.86. The molecule has 84 valence electrons. The Kier molecular flexibility index (Phi) is 5.42. The van der Waals surface area contributed by atoms with E-state index < -0.39 is 6.10 Å². The van der Waals surface area contributed by atoms with Crippen molar-refractivity contribution >= 4 is 22.8 Å². The average Bonchev–Trinajstić information content (AvgIpc) is 2.70. The van der Waals surface area contributed by atoms with Crippen LogP contribution in [0.3, 0.4) is 0 Å². The lowest BCUT2D eigenvalue weighted by Crippen LogP contribution is -2.37. The molecule has 15 heavy (non-hydrogen) atoms. The highest BCUT2D eigenvalue weighted by Gasteiger charge is 2.16. The Morgan fingerprint density at radius 3 is 3.27 bits per heavy atom. The van der Waals surface area contributed by atoms with E-state index in [1.54, 1.807) is 24.8 Å². The number of nitrogens with zero attached hydrogens (tertiary/aromatic N) is 1. The van der Waals surface area contributed by atoms with Crippen molar-refractivity contribution in [2.75, 3.05) is 18.9 Å². The Hall–Kier alpha value is -0.810. The van der Waals surface area contributed by atoms with Gasteiger partial charge in [-0.15, -0.1) is 6.58 Å². The molecule has 1 aliphatic rings. The van der Waals surface area contributed by atoms with Crippen LogP contribution in [0.15, 0.2) is 17.6 Å². The van der Waals surface area contributed by atoms with E-state index in [0.717, 1.165) is 18.7 Å². The molecule has 0 aromatic carbocycles. The molecule has 1 aliphatic heterocycles. The molecule has 0 aromatic rings. The number of carbonyl (C=O) groups is 1. The second kappa shape index (κ2) is 6.63. The highest BCUT2D eigenvalue weighted by Crippen LogP contribution is 2.09. The van der Waals surface area contributed by atoms with Gasteiger partial charge in [0.05, 0.1) is 13.2 Å². The highest BCUT2D eigenvalue weighted by atomic mass is 32.2. The normalized spacial score (nSPS) is 17.0. The fourth-order valence-corrected chi connectivity index (χ4v) is 1.75. The van der Waals surface area contributed by atoms with Gasteiger partial charge < -0.3 is 10.1 Å². The molecule has 5 heteroatoms. The van der Waals surface area contributed by atoms with Crippen molar-refractivity contribution in [1.82, 2.24) is 5.32 Å². The maximum atomic E-state index is 11.5. The smallest absolute Gasteiger partial charge is 0.254 e. The van der Waals surface area contributed by atoms with Crippen LogP contribution in [-0.2, 0) is 9.53 Å². The fourth-order valence-electron chi connectivity index (χ4n) is 1.02. The summed E-state index contributed by atoms with van der Waals surface area (Å²) in [5.74, 6) is 0.814. The van der Waals surface area contributed by atoms with E-state index in [2.05, 4.69) is 16.9 Å². The van der Waals surface area contributed by atoms with Crippen LogP contribution in [0.2, 0.25) is 0 Å². The summed E-state index contributed by atoms with van der Waals surface area (Å²) in [7, 11) is 0. The average molecular weight is 228 g/mol. The maximum Gasteiger partial charge on any atom is 0.254 e. The number of ether oxygens (including phenoxy) is 1. The Morgan fingerprint density at radius 2 is 2.67 bits per heavy atom. The van der Waals surface area contributed by atoms with E-state index in [1.807, 2.05) is 0 Å². The SMILES string of the molecule is C=CCCOC(C)C(=O)NC1=NCCS1. The number of carbonyl (C=O) groups excluding carboxylic acids is 1. The van der Waals surface area contributed by atoms with Gasteiger partial charge in [0.1, 0.15) is 6.10 Å². The zero-order valence-corrected chi connectivity index (χ0v) is 9.68. The van der Waals surface area contributed by atoms with E-state index in [1.165, 1.54) is 0 Å². The predicted molar refractivity (Wildman–Crippen MR) is 63.1 cm³/mol. The lowest BCUT2D eigenvalue weighted by Gasteiger charge is -2.12. The van der Waals surface area contributed by atoms with Crippen molar-refractivity contribution in [2.24, 2.45) is 4.99 Å². The minimum absolute atomic E-state index is 0.132. The molecule has 1 atom stereocenters. The predicted octanol–water partition coefficient (Wildman–Crippen LogP) is 1.19. The molecule has 0 bridgehead atoms. The molecule has 0 aliphatic carbocycles. The summed E-state index contributed by atoms with van der Waals surface area (Å²) in [4.78, 5) is 15.7. The van der Waals surface area contributed by atoms with Crippen molar-refractivity contribution in [3.05, 3.63) is 12.7 Å². The maximum absolute atomic E-state index is 11.5. The van der Waals surface area contributed by atoms with Crippen molar-refractivity contribution < 1.29 is 9.53 Å². The second-order valence-electron chi connectivity index (χ2n) is 3.11. The molecule has 0 aromatic heterocycles. The molecule has 0 spiro atoms. The van der Waals surface area contributed by atoms with Gasteiger partial charge in [-0.3, -0.25) is 9.79 Å². The third-order valence-electron chi connectivity index (χ3n) is 1.87. The summed E-state index contributed by atoms with van der Waals surface area (Å²) in [6.07, 6.45) is 2.09. The van der Waals surface area contributed by atoms with E-state index >= 15 is 0 Å². The molecule has 1 N–H and O–H groups in total. The number of thioether (sulfide) groups is 1. The van der Waals surface area contributed by atoms with Crippen LogP contribution < -0.4 is 5.32 Å². The molecular formula is C10H16N2O2S. The van der Waals surface area contributed by atoms with Crippen molar-refractivity contribution in [2.45, 2.75) is 19.4 Å². The monoisotopic (exact) mass is 228 g/mol. The lowest BCUT2D eigenvalue weighted by atomic mass is 10.3. The Bertz CT molecular complexity index is 266. The first-order valence-corrected chi connectivity index (χ1v) is 5.93. The molecule has 1 unspecified atom stereocenters. The Morgan fingerprint density at radius 1 is 1.87 bits per heavy atom. The Labute approximate surface area is 94.2 Å². The van der Waals surface area contributed by atoms with Gasteiger partial charge in [0.15, 0.2) is 5.17 Å². The zero-order chi connectivity index (χ0) is 11.1. The molecule has 1 amide bonds. The molecule has 0 saturated carbocycles.